The van der Waals surface area contributed by atoms with Crippen LogP contribution in [0, 0.1) is 6.92 Å². The highest BCUT2D eigenvalue weighted by Crippen LogP contribution is 2.40. The highest BCUT2D eigenvalue weighted by atomic mass is 16.5. The van der Waals surface area contributed by atoms with Gasteiger partial charge in [-0.25, -0.2) is 4.98 Å². The van der Waals surface area contributed by atoms with Crippen molar-refractivity contribution >= 4 is 22.6 Å². The molecule has 7 heteroatoms. The lowest BCUT2D eigenvalue weighted by molar-refractivity contribution is 0.0932. The number of nitrogens with zero attached hydrogens (tertiary/aromatic N) is 4. The standard InChI is InChI=1S/C24H29N5O2/c1-15-22-20(14-21(16-4-5-16)26-23(22)28(2)27-15)24(30)25-17-10-12-29(13-11-17)18-6-8-19(31-3)9-7-18/h6-9,14,16-17H,4-5,10-13H2,1-3H3,(H,25,30). The van der Waals surface area contributed by atoms with E-state index in [0.29, 0.717) is 5.92 Å². The summed E-state index contributed by atoms with van der Waals surface area (Å²) in [5, 5.41) is 8.68. The molecule has 1 aliphatic carbocycles. The largest absolute Gasteiger partial charge is 0.497 e. The average Bonchev–Trinajstić information content (AvgIpc) is 3.60. The number of ether oxygens (including phenoxy) is 1. The molecule has 0 bridgehead atoms. The molecule has 5 rings (SSSR count). The Bertz CT molecular complexity index is 1110. The molecule has 1 saturated carbocycles. The fraction of sp³-hybridized carbons (Fsp3) is 0.458. The van der Waals surface area contributed by atoms with Crippen molar-refractivity contribution in [1.29, 1.82) is 0 Å². The Labute approximate surface area is 182 Å². The van der Waals surface area contributed by atoms with Crippen molar-refractivity contribution in [2.24, 2.45) is 7.05 Å². The Balaban J connectivity index is 1.30. The summed E-state index contributed by atoms with van der Waals surface area (Å²) in [6.07, 6.45) is 4.15. The van der Waals surface area contributed by atoms with Gasteiger partial charge >= 0.3 is 0 Å². The summed E-state index contributed by atoms with van der Waals surface area (Å²) < 4.78 is 7.04. The zero-order valence-electron chi connectivity index (χ0n) is 18.4. The van der Waals surface area contributed by atoms with E-state index in [-0.39, 0.29) is 11.9 Å². The van der Waals surface area contributed by atoms with E-state index in [2.05, 4.69) is 27.4 Å². The lowest BCUT2D eigenvalue weighted by Crippen LogP contribution is -2.44. The molecule has 0 atom stereocenters. The van der Waals surface area contributed by atoms with E-state index in [0.717, 1.165) is 72.5 Å². The number of fused-ring (bicyclic) bond motifs is 1. The van der Waals surface area contributed by atoms with Gasteiger partial charge in [-0.15, -0.1) is 0 Å². The number of hydrogen-bond donors (Lipinski definition) is 1. The van der Waals surface area contributed by atoms with Gasteiger partial charge in [0.2, 0.25) is 0 Å². The molecule has 1 amide bonds. The molecule has 0 unspecified atom stereocenters. The van der Waals surface area contributed by atoms with E-state index in [9.17, 15) is 4.79 Å². The third kappa shape index (κ3) is 3.84. The smallest absolute Gasteiger partial charge is 0.252 e. The van der Waals surface area contributed by atoms with Crippen LogP contribution in [0.4, 0.5) is 5.69 Å². The van der Waals surface area contributed by atoms with Crippen LogP contribution >= 0.6 is 0 Å². The van der Waals surface area contributed by atoms with E-state index >= 15 is 0 Å². The molecular formula is C24H29N5O2. The number of aromatic nitrogens is 3. The second-order valence-corrected chi connectivity index (χ2v) is 8.71. The van der Waals surface area contributed by atoms with Crippen molar-refractivity contribution in [3.8, 4) is 5.75 Å². The first-order valence-electron chi connectivity index (χ1n) is 11.1. The number of carbonyl (C=O) groups is 1. The lowest BCUT2D eigenvalue weighted by atomic mass is 10.0. The number of rotatable bonds is 5. The predicted molar refractivity (Wildman–Crippen MR) is 121 cm³/mol. The molecule has 2 aromatic heterocycles. The molecule has 3 aromatic rings. The van der Waals surface area contributed by atoms with Crippen molar-refractivity contribution in [2.45, 2.75) is 44.6 Å². The molecular weight excluding hydrogens is 390 g/mol. The first kappa shape index (κ1) is 19.8. The lowest BCUT2D eigenvalue weighted by Gasteiger charge is -2.34. The molecule has 7 nitrogen and oxygen atoms in total. The summed E-state index contributed by atoms with van der Waals surface area (Å²) in [4.78, 5) is 20.5. The second kappa shape index (κ2) is 7.87. The summed E-state index contributed by atoms with van der Waals surface area (Å²) >= 11 is 0. The van der Waals surface area contributed by atoms with Gasteiger partial charge in [0.05, 0.1) is 23.8 Å². The first-order chi connectivity index (χ1) is 15.0. The quantitative estimate of drug-likeness (QED) is 0.685. The summed E-state index contributed by atoms with van der Waals surface area (Å²) in [5.74, 6) is 1.35. The minimum atomic E-state index is -0.00621. The molecule has 1 aromatic carbocycles. The molecule has 0 spiro atoms. The van der Waals surface area contributed by atoms with Crippen LogP contribution in [-0.4, -0.2) is 46.9 Å². The number of aryl methyl sites for hydroxylation is 2. The molecule has 2 fully saturated rings. The summed E-state index contributed by atoms with van der Waals surface area (Å²) in [6.45, 7) is 3.79. The van der Waals surface area contributed by atoms with Gasteiger partial charge in [-0.3, -0.25) is 9.48 Å². The van der Waals surface area contributed by atoms with Gasteiger partial charge in [0, 0.05) is 43.5 Å². The number of methoxy groups -OCH3 is 1. The van der Waals surface area contributed by atoms with Crippen molar-refractivity contribution in [1.82, 2.24) is 20.1 Å². The monoisotopic (exact) mass is 419 g/mol. The SMILES string of the molecule is COc1ccc(N2CCC(NC(=O)c3cc(C4CC4)nc4c3c(C)nn4C)CC2)cc1. The van der Waals surface area contributed by atoms with Crippen LogP contribution in [0.25, 0.3) is 11.0 Å². The van der Waals surface area contributed by atoms with Gasteiger partial charge in [-0.1, -0.05) is 0 Å². The maximum atomic E-state index is 13.3. The number of amides is 1. The van der Waals surface area contributed by atoms with Crippen molar-refractivity contribution < 1.29 is 9.53 Å². The van der Waals surface area contributed by atoms with Crippen LogP contribution in [-0.2, 0) is 7.05 Å². The Morgan fingerprint density at radius 2 is 1.84 bits per heavy atom. The molecule has 1 saturated heterocycles. The number of carbonyl (C=O) groups excluding carboxylic acids is 1. The van der Waals surface area contributed by atoms with Gasteiger partial charge in [0.25, 0.3) is 5.91 Å². The maximum Gasteiger partial charge on any atom is 0.252 e. The normalized spacial score (nSPS) is 17.2. The van der Waals surface area contributed by atoms with Crippen LogP contribution < -0.4 is 15.0 Å². The third-order valence-corrected chi connectivity index (χ3v) is 6.50. The second-order valence-electron chi connectivity index (χ2n) is 8.71. The number of benzene rings is 1. The van der Waals surface area contributed by atoms with E-state index in [1.807, 2.05) is 32.2 Å². The minimum absolute atomic E-state index is 0.00621. The highest BCUT2D eigenvalue weighted by molar-refractivity contribution is 6.06. The Morgan fingerprint density at radius 3 is 2.48 bits per heavy atom. The Morgan fingerprint density at radius 1 is 1.13 bits per heavy atom. The molecule has 2 aliphatic rings. The summed E-state index contributed by atoms with van der Waals surface area (Å²) in [7, 11) is 3.58. The fourth-order valence-corrected chi connectivity index (χ4v) is 4.57. The van der Waals surface area contributed by atoms with Gasteiger partial charge in [-0.05, 0) is 62.9 Å². The predicted octanol–water partition coefficient (Wildman–Crippen LogP) is 3.56. The fourth-order valence-electron chi connectivity index (χ4n) is 4.57. The number of hydrogen-bond acceptors (Lipinski definition) is 5. The molecule has 1 aliphatic heterocycles. The molecule has 162 valence electrons. The van der Waals surface area contributed by atoms with Gasteiger partial charge < -0.3 is 15.0 Å². The topological polar surface area (TPSA) is 72.3 Å². The van der Waals surface area contributed by atoms with Gasteiger partial charge in [0.1, 0.15) is 5.75 Å². The van der Waals surface area contributed by atoms with E-state index in [1.165, 1.54) is 5.69 Å². The van der Waals surface area contributed by atoms with E-state index < -0.39 is 0 Å². The number of piperidine rings is 1. The van der Waals surface area contributed by atoms with Gasteiger partial charge in [0.15, 0.2) is 5.65 Å². The highest BCUT2D eigenvalue weighted by Gasteiger charge is 2.29. The van der Waals surface area contributed by atoms with E-state index in [4.69, 9.17) is 9.72 Å². The zero-order chi connectivity index (χ0) is 21.5. The van der Waals surface area contributed by atoms with Crippen LogP contribution in [0.1, 0.15) is 53.3 Å². The van der Waals surface area contributed by atoms with Crippen molar-refractivity contribution in [3.05, 3.63) is 47.3 Å². The number of nitrogens with one attached hydrogen (secondary N) is 1. The van der Waals surface area contributed by atoms with Crippen LogP contribution in [0.2, 0.25) is 0 Å². The van der Waals surface area contributed by atoms with Crippen molar-refractivity contribution in [2.75, 3.05) is 25.1 Å². The molecule has 3 heterocycles. The maximum absolute atomic E-state index is 13.3. The van der Waals surface area contributed by atoms with E-state index in [1.54, 1.807) is 11.8 Å². The van der Waals surface area contributed by atoms with Crippen LogP contribution in [0.15, 0.2) is 30.3 Å². The third-order valence-electron chi connectivity index (χ3n) is 6.50. The van der Waals surface area contributed by atoms with Crippen LogP contribution in [0.3, 0.4) is 0 Å². The first-order valence-corrected chi connectivity index (χ1v) is 11.1. The van der Waals surface area contributed by atoms with Gasteiger partial charge in [-0.2, -0.15) is 5.10 Å². The molecule has 31 heavy (non-hydrogen) atoms. The summed E-state index contributed by atoms with van der Waals surface area (Å²) in [5.41, 5.74) is 4.60. The van der Waals surface area contributed by atoms with Crippen molar-refractivity contribution in [3.63, 3.8) is 0 Å². The van der Waals surface area contributed by atoms with Crippen LogP contribution in [0.5, 0.6) is 5.75 Å². The Hall–Kier alpha value is -3.09. The molecule has 1 N–H and O–H groups in total. The minimum Gasteiger partial charge on any atom is -0.497 e. The number of anilines is 1. The Kier molecular flexibility index (Phi) is 5.04. The zero-order valence-corrected chi connectivity index (χ0v) is 18.4. The average molecular weight is 420 g/mol. The molecule has 0 radical (unpaired) electrons. The number of pyridine rings is 1. The summed E-state index contributed by atoms with van der Waals surface area (Å²) in [6, 6.07) is 10.3.